The molecule has 0 saturated heterocycles. The van der Waals surface area contributed by atoms with E-state index in [0.29, 0.717) is 34.6 Å². The van der Waals surface area contributed by atoms with Gasteiger partial charge in [0.15, 0.2) is 0 Å². The highest BCUT2D eigenvalue weighted by Gasteiger charge is 2.34. The maximum absolute atomic E-state index is 12.2. The van der Waals surface area contributed by atoms with Gasteiger partial charge >= 0.3 is 0 Å². The van der Waals surface area contributed by atoms with Gasteiger partial charge in [0.2, 0.25) is 0 Å². The SMILES string of the molecule is N#Cc1ccc(N)c(NCCN2C(=O)c3ccccc3C2=O)c1. The number of rotatable bonds is 4. The van der Waals surface area contributed by atoms with Gasteiger partial charge in [-0.1, -0.05) is 12.1 Å². The molecule has 0 atom stereocenters. The van der Waals surface area contributed by atoms with Crippen molar-refractivity contribution in [2.24, 2.45) is 0 Å². The third-order valence-corrected chi connectivity index (χ3v) is 3.71. The van der Waals surface area contributed by atoms with Gasteiger partial charge in [0.05, 0.1) is 34.1 Å². The van der Waals surface area contributed by atoms with Crippen molar-refractivity contribution < 1.29 is 9.59 Å². The summed E-state index contributed by atoms with van der Waals surface area (Å²) in [5.74, 6) is -0.572. The summed E-state index contributed by atoms with van der Waals surface area (Å²) in [7, 11) is 0. The van der Waals surface area contributed by atoms with E-state index in [-0.39, 0.29) is 18.4 Å². The van der Waals surface area contributed by atoms with Crippen molar-refractivity contribution in [3.8, 4) is 6.07 Å². The van der Waals surface area contributed by atoms with Gasteiger partial charge in [0, 0.05) is 13.1 Å². The Morgan fingerprint density at radius 2 is 1.74 bits per heavy atom. The molecular formula is C17H14N4O2. The highest BCUT2D eigenvalue weighted by Crippen LogP contribution is 2.23. The van der Waals surface area contributed by atoms with Crippen LogP contribution in [0.5, 0.6) is 0 Å². The molecule has 6 nitrogen and oxygen atoms in total. The summed E-state index contributed by atoms with van der Waals surface area (Å²) in [4.78, 5) is 25.7. The lowest BCUT2D eigenvalue weighted by molar-refractivity contribution is 0.0660. The molecule has 1 heterocycles. The summed E-state index contributed by atoms with van der Waals surface area (Å²) in [5.41, 5.74) is 8.32. The molecule has 0 unspecified atom stereocenters. The molecule has 2 aromatic carbocycles. The second-order valence-electron chi connectivity index (χ2n) is 5.15. The number of hydrogen-bond donors (Lipinski definition) is 2. The minimum atomic E-state index is -0.286. The van der Waals surface area contributed by atoms with Crippen LogP contribution in [-0.2, 0) is 0 Å². The molecule has 0 saturated carbocycles. The van der Waals surface area contributed by atoms with E-state index in [2.05, 4.69) is 5.32 Å². The van der Waals surface area contributed by atoms with E-state index in [1.54, 1.807) is 42.5 Å². The second-order valence-corrected chi connectivity index (χ2v) is 5.15. The zero-order chi connectivity index (χ0) is 16.4. The lowest BCUT2D eigenvalue weighted by Crippen LogP contribution is -2.34. The van der Waals surface area contributed by atoms with Crippen molar-refractivity contribution in [2.75, 3.05) is 24.1 Å². The molecule has 0 aliphatic carbocycles. The predicted molar refractivity (Wildman–Crippen MR) is 85.9 cm³/mol. The largest absolute Gasteiger partial charge is 0.397 e. The number of nitriles is 1. The number of carbonyl (C=O) groups is 2. The third kappa shape index (κ3) is 2.60. The van der Waals surface area contributed by atoms with Crippen molar-refractivity contribution >= 4 is 23.2 Å². The maximum Gasteiger partial charge on any atom is 0.261 e. The van der Waals surface area contributed by atoms with Gasteiger partial charge in [-0.3, -0.25) is 14.5 Å². The lowest BCUT2D eigenvalue weighted by Gasteiger charge is -2.15. The molecule has 2 amide bonds. The van der Waals surface area contributed by atoms with E-state index in [1.807, 2.05) is 6.07 Å². The fourth-order valence-corrected chi connectivity index (χ4v) is 2.52. The summed E-state index contributed by atoms with van der Waals surface area (Å²) in [5, 5.41) is 12.0. The molecule has 1 aliphatic rings. The minimum absolute atomic E-state index is 0.225. The van der Waals surface area contributed by atoms with Crippen LogP contribution in [0.3, 0.4) is 0 Å². The molecule has 114 valence electrons. The first-order valence-electron chi connectivity index (χ1n) is 7.10. The highest BCUT2D eigenvalue weighted by molar-refractivity contribution is 6.21. The molecule has 0 radical (unpaired) electrons. The Hall–Kier alpha value is -3.33. The number of nitrogen functional groups attached to an aromatic ring is 1. The molecule has 0 aromatic heterocycles. The number of nitrogens with two attached hydrogens (primary N) is 1. The quantitative estimate of drug-likeness (QED) is 0.663. The predicted octanol–water partition coefficient (Wildman–Crippen LogP) is 1.85. The van der Waals surface area contributed by atoms with E-state index in [4.69, 9.17) is 11.0 Å². The average Bonchev–Trinajstić information content (AvgIpc) is 2.82. The van der Waals surface area contributed by atoms with Crippen LogP contribution in [0.25, 0.3) is 0 Å². The van der Waals surface area contributed by atoms with Crippen LogP contribution in [-0.4, -0.2) is 29.8 Å². The fourth-order valence-electron chi connectivity index (χ4n) is 2.52. The second kappa shape index (κ2) is 5.81. The highest BCUT2D eigenvalue weighted by atomic mass is 16.2. The molecule has 0 bridgehead atoms. The smallest absolute Gasteiger partial charge is 0.261 e. The first-order valence-corrected chi connectivity index (χ1v) is 7.10. The molecule has 0 fully saturated rings. The van der Waals surface area contributed by atoms with Gasteiger partial charge in [0.25, 0.3) is 11.8 Å². The van der Waals surface area contributed by atoms with E-state index in [0.717, 1.165) is 0 Å². The zero-order valence-electron chi connectivity index (χ0n) is 12.2. The topological polar surface area (TPSA) is 99.2 Å². The van der Waals surface area contributed by atoms with Crippen LogP contribution >= 0.6 is 0 Å². The van der Waals surface area contributed by atoms with Crippen molar-refractivity contribution in [3.63, 3.8) is 0 Å². The number of imide groups is 1. The van der Waals surface area contributed by atoms with Gasteiger partial charge in [0.1, 0.15) is 0 Å². The minimum Gasteiger partial charge on any atom is -0.397 e. The lowest BCUT2D eigenvalue weighted by atomic mass is 10.1. The standard InChI is InChI=1S/C17H14N4O2/c18-10-11-5-6-14(19)15(9-11)20-7-8-21-16(22)12-3-1-2-4-13(12)17(21)23/h1-6,9,20H,7-8,19H2. The first kappa shape index (κ1) is 14.6. The Labute approximate surface area is 133 Å². The number of carbonyl (C=O) groups excluding carboxylic acids is 2. The van der Waals surface area contributed by atoms with Gasteiger partial charge < -0.3 is 11.1 Å². The molecule has 3 rings (SSSR count). The molecule has 2 aromatic rings. The van der Waals surface area contributed by atoms with Crippen LogP contribution in [0, 0.1) is 11.3 Å². The first-order chi connectivity index (χ1) is 11.1. The third-order valence-electron chi connectivity index (χ3n) is 3.71. The molecule has 3 N–H and O–H groups in total. The van der Waals surface area contributed by atoms with Crippen molar-refractivity contribution in [1.82, 2.24) is 4.90 Å². The number of anilines is 2. The van der Waals surface area contributed by atoms with Crippen LogP contribution < -0.4 is 11.1 Å². The van der Waals surface area contributed by atoms with Crippen molar-refractivity contribution in [1.29, 1.82) is 5.26 Å². The molecular weight excluding hydrogens is 292 g/mol. The average molecular weight is 306 g/mol. The van der Waals surface area contributed by atoms with Crippen LogP contribution in [0.1, 0.15) is 26.3 Å². The van der Waals surface area contributed by atoms with Crippen LogP contribution in [0.4, 0.5) is 11.4 Å². The Morgan fingerprint density at radius 1 is 1.09 bits per heavy atom. The normalized spacial score (nSPS) is 12.9. The zero-order valence-corrected chi connectivity index (χ0v) is 12.2. The van der Waals surface area contributed by atoms with E-state index in [9.17, 15) is 9.59 Å². The monoisotopic (exact) mass is 306 g/mol. The summed E-state index contributed by atoms with van der Waals surface area (Å²) in [6, 6.07) is 13.7. The van der Waals surface area contributed by atoms with E-state index >= 15 is 0 Å². The van der Waals surface area contributed by atoms with Crippen LogP contribution in [0.2, 0.25) is 0 Å². The Balaban J connectivity index is 1.68. The number of hydrogen-bond acceptors (Lipinski definition) is 5. The van der Waals surface area contributed by atoms with Gasteiger partial charge in [-0.15, -0.1) is 0 Å². The maximum atomic E-state index is 12.2. The van der Waals surface area contributed by atoms with E-state index in [1.165, 1.54) is 4.90 Å². The Kier molecular flexibility index (Phi) is 3.69. The summed E-state index contributed by atoms with van der Waals surface area (Å²) in [6.45, 7) is 0.577. The summed E-state index contributed by atoms with van der Waals surface area (Å²) >= 11 is 0. The molecule has 0 spiro atoms. The number of benzene rings is 2. The van der Waals surface area contributed by atoms with Gasteiger partial charge in [-0.05, 0) is 30.3 Å². The number of nitrogens with one attached hydrogen (secondary N) is 1. The molecule has 23 heavy (non-hydrogen) atoms. The van der Waals surface area contributed by atoms with Crippen molar-refractivity contribution in [2.45, 2.75) is 0 Å². The number of fused-ring (bicyclic) bond motifs is 1. The molecule has 1 aliphatic heterocycles. The van der Waals surface area contributed by atoms with Crippen LogP contribution in [0.15, 0.2) is 42.5 Å². The fraction of sp³-hybridized carbons (Fsp3) is 0.118. The molecule has 6 heteroatoms. The Bertz CT molecular complexity index is 804. The van der Waals surface area contributed by atoms with E-state index < -0.39 is 0 Å². The number of nitrogens with zero attached hydrogens (tertiary/aromatic N) is 2. The Morgan fingerprint density at radius 3 is 2.35 bits per heavy atom. The summed E-state index contributed by atoms with van der Waals surface area (Å²) in [6.07, 6.45) is 0. The number of amides is 2. The van der Waals surface area contributed by atoms with Gasteiger partial charge in [-0.2, -0.15) is 5.26 Å². The van der Waals surface area contributed by atoms with Crippen molar-refractivity contribution in [3.05, 3.63) is 59.2 Å². The summed E-state index contributed by atoms with van der Waals surface area (Å²) < 4.78 is 0. The van der Waals surface area contributed by atoms with Gasteiger partial charge in [-0.25, -0.2) is 0 Å².